The van der Waals surface area contributed by atoms with Crippen molar-refractivity contribution < 1.29 is 38.5 Å². The number of aliphatic imine (C=N–C) groups is 1. The predicted octanol–water partition coefficient (Wildman–Crippen LogP) is 8.43. The molecule has 1 fully saturated rings. The van der Waals surface area contributed by atoms with Crippen molar-refractivity contribution in [3.8, 4) is 21.2 Å². The van der Waals surface area contributed by atoms with Crippen LogP contribution in [0.2, 0.25) is 5.02 Å². The van der Waals surface area contributed by atoms with Crippen molar-refractivity contribution in [2.45, 2.75) is 105 Å². The summed E-state index contributed by atoms with van der Waals surface area (Å²) in [4.78, 5) is 67.8. The van der Waals surface area contributed by atoms with Gasteiger partial charge in [0.05, 0.1) is 47.0 Å². The van der Waals surface area contributed by atoms with Crippen LogP contribution in [0.3, 0.4) is 0 Å². The minimum absolute atomic E-state index is 0.0194. The number of halogens is 1. The van der Waals surface area contributed by atoms with Crippen LogP contribution in [0.15, 0.2) is 83.3 Å². The van der Waals surface area contributed by atoms with Crippen molar-refractivity contribution in [3.05, 3.63) is 128 Å². The lowest BCUT2D eigenvalue weighted by molar-refractivity contribution is -0.144. The van der Waals surface area contributed by atoms with Gasteiger partial charge >= 0.3 is 0 Å². The van der Waals surface area contributed by atoms with E-state index in [1.165, 1.54) is 4.90 Å². The number of hydrogen-bond acceptors (Lipinski definition) is 14. The quantitative estimate of drug-likeness (QED) is 0.0533. The van der Waals surface area contributed by atoms with Crippen LogP contribution in [-0.2, 0) is 28.7 Å². The van der Waals surface area contributed by atoms with Gasteiger partial charge < -0.3 is 40.2 Å². The molecule has 396 valence electrons. The number of thiazole rings is 1. The van der Waals surface area contributed by atoms with E-state index in [1.807, 2.05) is 100 Å². The molecule has 0 aliphatic carbocycles. The zero-order chi connectivity index (χ0) is 53.6. The predicted molar refractivity (Wildman–Crippen MR) is 291 cm³/mol. The molecule has 17 nitrogen and oxygen atoms in total. The fraction of sp³-hybridized carbons (Fsp3) is 0.418. The van der Waals surface area contributed by atoms with Crippen LogP contribution in [0.5, 0.6) is 5.75 Å². The summed E-state index contributed by atoms with van der Waals surface area (Å²) in [7, 11) is 0. The summed E-state index contributed by atoms with van der Waals surface area (Å²) in [6.45, 7) is 16.2. The number of aromatic nitrogens is 4. The Morgan fingerprint density at radius 1 is 0.893 bits per heavy atom. The Balaban J connectivity index is 0.758. The molecule has 8 rings (SSSR count). The third-order valence-corrected chi connectivity index (χ3v) is 15.6. The largest absolute Gasteiger partial charge is 0.491 e. The molecule has 0 saturated carbocycles. The van der Waals surface area contributed by atoms with Crippen LogP contribution in [0.1, 0.15) is 104 Å². The number of carbonyl (C=O) groups excluding carboxylic acids is 4. The number of thiophene rings is 1. The maximum atomic E-state index is 14.1. The maximum Gasteiger partial charge on any atom is 0.246 e. The fourth-order valence-electron chi connectivity index (χ4n) is 9.15. The van der Waals surface area contributed by atoms with Crippen LogP contribution in [0, 0.1) is 33.1 Å². The number of carbonyl (C=O) groups is 4. The molecule has 0 radical (unpaired) electrons. The zero-order valence-electron chi connectivity index (χ0n) is 43.4. The molecule has 0 unspecified atom stereocenters. The second-order valence-electron chi connectivity index (χ2n) is 19.9. The number of aliphatic hydroxyl groups excluding tert-OH is 1. The number of benzene rings is 3. The first-order valence-corrected chi connectivity index (χ1v) is 27.1. The van der Waals surface area contributed by atoms with Gasteiger partial charge in [0.2, 0.25) is 23.6 Å². The van der Waals surface area contributed by atoms with E-state index in [1.54, 1.807) is 46.9 Å². The molecule has 75 heavy (non-hydrogen) atoms. The molecule has 0 spiro atoms. The first kappa shape index (κ1) is 54.9. The van der Waals surface area contributed by atoms with Gasteiger partial charge in [-0.15, -0.1) is 32.9 Å². The zero-order valence-corrected chi connectivity index (χ0v) is 45.8. The summed E-state index contributed by atoms with van der Waals surface area (Å²) in [6.07, 6.45) is -0.287. The second kappa shape index (κ2) is 24.1. The van der Waals surface area contributed by atoms with Crippen LogP contribution >= 0.6 is 34.3 Å². The molecule has 5 heterocycles. The highest BCUT2D eigenvalue weighted by Crippen LogP contribution is 2.40. The van der Waals surface area contributed by atoms with E-state index in [4.69, 9.17) is 30.8 Å². The highest BCUT2D eigenvalue weighted by Gasteiger charge is 2.45. The molecule has 2 aliphatic rings. The first-order chi connectivity index (χ1) is 35.9. The minimum atomic E-state index is -0.983. The van der Waals surface area contributed by atoms with Crippen LogP contribution in [0.25, 0.3) is 15.4 Å². The average molecular weight is 1080 g/mol. The molecular weight excluding hydrogens is 1010 g/mol. The molecule has 4 amide bonds. The molecule has 0 bridgehead atoms. The van der Waals surface area contributed by atoms with Crippen LogP contribution in [-0.4, -0.2) is 117 Å². The monoisotopic (exact) mass is 1080 g/mol. The van der Waals surface area contributed by atoms with Crippen molar-refractivity contribution in [1.29, 1.82) is 0 Å². The van der Waals surface area contributed by atoms with Crippen molar-refractivity contribution in [1.82, 2.24) is 35.3 Å². The number of ether oxygens (including phenoxy) is 3. The summed E-state index contributed by atoms with van der Waals surface area (Å²) in [5, 5.41) is 30.0. The number of likely N-dealkylation sites (tertiary alicyclic amines) is 1. The highest BCUT2D eigenvalue weighted by molar-refractivity contribution is 7.15. The van der Waals surface area contributed by atoms with Gasteiger partial charge in [-0.25, -0.2) is 4.98 Å². The van der Waals surface area contributed by atoms with E-state index in [0.717, 1.165) is 54.0 Å². The lowest BCUT2D eigenvalue weighted by Gasteiger charge is -2.35. The lowest BCUT2D eigenvalue weighted by atomic mass is 9.85. The summed E-state index contributed by atoms with van der Waals surface area (Å²) >= 11 is 9.48. The number of fused-ring (bicyclic) bond motifs is 3. The number of rotatable bonds is 20. The Bertz CT molecular complexity index is 3040. The molecule has 3 aromatic heterocycles. The Morgan fingerprint density at radius 3 is 2.35 bits per heavy atom. The molecule has 3 aromatic carbocycles. The number of aliphatic hydroxyl groups is 1. The van der Waals surface area contributed by atoms with Crippen molar-refractivity contribution in [2.24, 2.45) is 10.4 Å². The van der Waals surface area contributed by atoms with Crippen LogP contribution < -0.4 is 20.7 Å². The molecule has 1 saturated heterocycles. The summed E-state index contributed by atoms with van der Waals surface area (Å²) in [5.41, 5.74) is 8.30. The number of anilines is 1. The third-order valence-electron chi connectivity index (χ3n) is 13.2. The average Bonchev–Trinajstić information content (AvgIpc) is 4.16. The van der Waals surface area contributed by atoms with Crippen LogP contribution in [0.4, 0.5) is 5.69 Å². The Hall–Kier alpha value is -6.35. The number of nitrogens with zero attached hydrogens (tertiary/aromatic N) is 6. The summed E-state index contributed by atoms with van der Waals surface area (Å²) < 4.78 is 19.4. The first-order valence-electron chi connectivity index (χ1n) is 25.0. The molecular formula is C55H64ClN9O8S2. The molecule has 2 aliphatic heterocycles. The Labute approximate surface area is 450 Å². The summed E-state index contributed by atoms with van der Waals surface area (Å²) in [5.74, 6) is 0.285. The van der Waals surface area contributed by atoms with E-state index < -0.39 is 41.5 Å². The number of β-amino-alcohol motifs (C(OH)–C–C–N with tert-alkyl or cyclic N) is 1. The van der Waals surface area contributed by atoms with E-state index in [9.17, 15) is 24.3 Å². The number of aryl methyl sites for hydroxylation is 3. The van der Waals surface area contributed by atoms with E-state index >= 15 is 0 Å². The molecule has 20 heteroatoms. The Kier molecular flexibility index (Phi) is 17.6. The molecule has 6 aromatic rings. The van der Waals surface area contributed by atoms with Gasteiger partial charge in [0.1, 0.15) is 47.9 Å². The fourth-order valence-corrected chi connectivity index (χ4v) is 11.3. The van der Waals surface area contributed by atoms with E-state index in [2.05, 4.69) is 45.0 Å². The van der Waals surface area contributed by atoms with Gasteiger partial charge in [0.15, 0.2) is 5.82 Å². The summed E-state index contributed by atoms with van der Waals surface area (Å²) in [6, 6.07) is 19.7. The normalized spacial score (nSPS) is 17.1. The topological polar surface area (TPSA) is 211 Å². The lowest BCUT2D eigenvalue weighted by Crippen LogP contribution is -2.58. The van der Waals surface area contributed by atoms with E-state index in [0.29, 0.717) is 41.1 Å². The third kappa shape index (κ3) is 13.2. The van der Waals surface area contributed by atoms with Gasteiger partial charge in [-0.05, 0) is 87.4 Å². The van der Waals surface area contributed by atoms with Crippen molar-refractivity contribution >= 4 is 69.3 Å². The van der Waals surface area contributed by atoms with Gasteiger partial charge in [-0.3, -0.25) is 28.7 Å². The minimum Gasteiger partial charge on any atom is -0.491 e. The van der Waals surface area contributed by atoms with Crippen molar-refractivity contribution in [3.63, 3.8) is 0 Å². The van der Waals surface area contributed by atoms with Crippen molar-refractivity contribution in [2.75, 3.05) is 44.9 Å². The highest BCUT2D eigenvalue weighted by atomic mass is 35.5. The SMILES string of the molecule is Cc1ncsc1-c1ccc([C@H](C)NC(=O)[C@@H]2C[C@@H](O)CN2C(=O)[C@@H](NC(=O)COCCCOCCOc2cccc(NC(=O)C[C@@H]3N=C(c4ccc(Cl)cc4)c4c(sc(C)c4C)-n4c(C)nnc43)c2)C(C)(C)C)cc1. The molecule has 4 N–H and O–H groups in total. The van der Waals surface area contributed by atoms with Gasteiger partial charge in [-0.2, -0.15) is 0 Å². The van der Waals surface area contributed by atoms with Gasteiger partial charge in [0.25, 0.3) is 0 Å². The number of amides is 4. The Morgan fingerprint density at radius 2 is 1.63 bits per heavy atom. The van der Waals surface area contributed by atoms with Gasteiger partial charge in [-0.1, -0.05) is 74.8 Å². The standard InChI is InChI=1S/C55H64ClN9O8S2/c1-31-34(4)75-54-47(31)48(37-17-19-39(56)20-18-37)60-43(51-63-62-35(5)65(51)54)27-45(67)59-40-11-9-12-42(25-40)73-24-23-71-21-10-22-72-29-46(68)61-50(55(6,7)8)53(70)64-28-41(66)26-44(64)52(69)58-32(2)36-13-15-38(16-14-36)49-33(3)57-30-74-49/h9,11-20,25,30,32,41,43-44,50,66H,10,21-24,26-29H2,1-8H3,(H,58,69)(H,59,67)(H,61,68)/t32-,41+,43-,44-,50+/m0/s1. The number of hydrogen-bond donors (Lipinski definition) is 4. The molecule has 5 atom stereocenters. The maximum absolute atomic E-state index is 14.1. The second-order valence-corrected chi connectivity index (χ2v) is 22.4. The van der Waals surface area contributed by atoms with E-state index in [-0.39, 0.29) is 63.7 Å². The number of nitrogens with one attached hydrogen (secondary N) is 3. The van der Waals surface area contributed by atoms with Gasteiger partial charge in [0, 0.05) is 59.0 Å². The smallest absolute Gasteiger partial charge is 0.246 e.